The summed E-state index contributed by atoms with van der Waals surface area (Å²) in [6.45, 7) is 3.20. The number of carboxylic acids is 1. The number of aromatic carboxylic acids is 1. The van der Waals surface area contributed by atoms with Gasteiger partial charge in [0.25, 0.3) is 0 Å². The van der Waals surface area contributed by atoms with Gasteiger partial charge in [0.1, 0.15) is 0 Å². The van der Waals surface area contributed by atoms with E-state index in [-0.39, 0.29) is 16.2 Å². The smallest absolute Gasteiger partial charge is 0.337 e. The third-order valence-electron chi connectivity index (χ3n) is 5.06. The quantitative estimate of drug-likeness (QED) is 0.921. The number of carboxylic acid groups (broad SMARTS) is 1. The van der Waals surface area contributed by atoms with Crippen LogP contribution in [-0.4, -0.2) is 38.3 Å². The van der Waals surface area contributed by atoms with E-state index in [4.69, 9.17) is 0 Å². The number of nitrogens with zero attached hydrogens (tertiary/aromatic N) is 1. The van der Waals surface area contributed by atoms with Crippen LogP contribution in [0.3, 0.4) is 0 Å². The molecule has 2 aliphatic rings. The molecule has 1 spiro atoms. The molecule has 0 bridgehead atoms. The molecule has 0 radical (unpaired) electrons. The maximum absolute atomic E-state index is 12.1. The number of anilines is 1. The van der Waals surface area contributed by atoms with Gasteiger partial charge in [0.15, 0.2) is 9.84 Å². The molecule has 1 aromatic rings. The Morgan fingerprint density at radius 3 is 2.36 bits per heavy atom. The SMILES string of the molecule is CCS(=O)(=O)c1ccc(C(=O)O)c(N2CCC3(CC2)CC3)c1. The zero-order valence-electron chi connectivity index (χ0n) is 12.7. The van der Waals surface area contributed by atoms with Gasteiger partial charge in [-0.05, 0) is 49.3 Å². The van der Waals surface area contributed by atoms with E-state index >= 15 is 0 Å². The van der Waals surface area contributed by atoms with Crippen molar-refractivity contribution in [3.63, 3.8) is 0 Å². The van der Waals surface area contributed by atoms with Crippen LogP contribution < -0.4 is 4.90 Å². The van der Waals surface area contributed by atoms with Crippen LogP contribution in [-0.2, 0) is 9.84 Å². The standard InChI is InChI=1S/C16H21NO4S/c1-2-22(20,21)12-3-4-13(15(18)19)14(11-12)17-9-7-16(5-6-16)8-10-17/h3-4,11H,2,5-10H2,1H3,(H,18,19). The highest BCUT2D eigenvalue weighted by Crippen LogP contribution is 2.54. The number of benzene rings is 1. The lowest BCUT2D eigenvalue weighted by molar-refractivity contribution is 0.0697. The molecule has 1 aliphatic heterocycles. The summed E-state index contributed by atoms with van der Waals surface area (Å²) in [6.07, 6.45) is 4.68. The molecule has 3 rings (SSSR count). The van der Waals surface area contributed by atoms with Crippen molar-refractivity contribution in [3.05, 3.63) is 23.8 Å². The summed E-state index contributed by atoms with van der Waals surface area (Å²) in [5.74, 6) is -0.996. The second kappa shape index (κ2) is 5.26. The summed E-state index contributed by atoms with van der Waals surface area (Å²) in [5, 5.41) is 9.39. The number of rotatable bonds is 4. The van der Waals surface area contributed by atoms with E-state index in [1.54, 1.807) is 6.92 Å². The first-order chi connectivity index (χ1) is 10.4. The highest BCUT2D eigenvalue weighted by Gasteiger charge is 2.44. The average molecular weight is 323 g/mol. The van der Waals surface area contributed by atoms with Gasteiger partial charge in [-0.25, -0.2) is 13.2 Å². The monoisotopic (exact) mass is 323 g/mol. The minimum absolute atomic E-state index is 0.0158. The van der Waals surface area contributed by atoms with E-state index in [0.717, 1.165) is 25.9 Å². The number of hydrogen-bond acceptors (Lipinski definition) is 4. The van der Waals surface area contributed by atoms with Crippen LogP contribution in [0.1, 0.15) is 43.0 Å². The van der Waals surface area contributed by atoms with Gasteiger partial charge >= 0.3 is 5.97 Å². The molecule has 1 aromatic carbocycles. The van der Waals surface area contributed by atoms with Gasteiger partial charge in [-0.15, -0.1) is 0 Å². The molecule has 0 aromatic heterocycles. The molecule has 1 aliphatic carbocycles. The van der Waals surface area contributed by atoms with Crippen molar-refractivity contribution in [3.8, 4) is 0 Å². The van der Waals surface area contributed by atoms with Gasteiger partial charge in [-0.3, -0.25) is 0 Å². The molecule has 1 N–H and O–H groups in total. The Labute approximate surface area is 130 Å². The van der Waals surface area contributed by atoms with Gasteiger partial charge in [-0.1, -0.05) is 6.92 Å². The van der Waals surface area contributed by atoms with E-state index in [2.05, 4.69) is 0 Å². The van der Waals surface area contributed by atoms with Gasteiger partial charge in [-0.2, -0.15) is 0 Å². The van der Waals surface area contributed by atoms with Gasteiger partial charge < -0.3 is 10.0 Å². The van der Waals surface area contributed by atoms with Crippen LogP contribution in [0.15, 0.2) is 23.1 Å². The molecular weight excluding hydrogens is 302 g/mol. The van der Waals surface area contributed by atoms with Crippen LogP contribution >= 0.6 is 0 Å². The number of piperidine rings is 1. The van der Waals surface area contributed by atoms with E-state index in [9.17, 15) is 18.3 Å². The molecule has 2 fully saturated rings. The minimum atomic E-state index is -3.33. The maximum atomic E-state index is 12.1. The van der Waals surface area contributed by atoms with Gasteiger partial charge in [0.05, 0.1) is 21.9 Å². The molecule has 1 heterocycles. The zero-order valence-corrected chi connectivity index (χ0v) is 13.5. The molecule has 0 unspecified atom stereocenters. The Balaban J connectivity index is 1.96. The zero-order chi connectivity index (χ0) is 16.0. The molecule has 1 saturated heterocycles. The lowest BCUT2D eigenvalue weighted by atomic mass is 9.93. The molecule has 120 valence electrons. The second-order valence-electron chi connectivity index (χ2n) is 6.37. The number of carbonyl (C=O) groups is 1. The Bertz CT molecular complexity index is 697. The largest absolute Gasteiger partial charge is 0.478 e. The molecule has 1 saturated carbocycles. The summed E-state index contributed by atoms with van der Waals surface area (Å²) in [5.41, 5.74) is 1.21. The first kappa shape index (κ1) is 15.3. The predicted molar refractivity (Wildman–Crippen MR) is 84.2 cm³/mol. The summed E-state index contributed by atoms with van der Waals surface area (Å²) in [4.78, 5) is 13.7. The predicted octanol–water partition coefficient (Wildman–Crippen LogP) is 2.56. The van der Waals surface area contributed by atoms with Crippen LogP contribution in [0, 0.1) is 5.41 Å². The highest BCUT2D eigenvalue weighted by atomic mass is 32.2. The molecule has 5 nitrogen and oxygen atoms in total. The normalized spacial score (nSPS) is 20.1. The van der Waals surface area contributed by atoms with Crippen molar-refractivity contribution in [1.29, 1.82) is 0 Å². The van der Waals surface area contributed by atoms with Gasteiger partial charge in [0.2, 0.25) is 0 Å². The van der Waals surface area contributed by atoms with Gasteiger partial charge in [0, 0.05) is 13.1 Å². The van der Waals surface area contributed by atoms with E-state index in [1.165, 1.54) is 31.0 Å². The molecule has 22 heavy (non-hydrogen) atoms. The Kier molecular flexibility index (Phi) is 3.67. The minimum Gasteiger partial charge on any atom is -0.478 e. The first-order valence-electron chi connectivity index (χ1n) is 7.72. The Hall–Kier alpha value is -1.56. The fourth-order valence-corrected chi connectivity index (χ4v) is 4.11. The van der Waals surface area contributed by atoms with E-state index < -0.39 is 15.8 Å². The fraction of sp³-hybridized carbons (Fsp3) is 0.562. The van der Waals surface area contributed by atoms with Crippen LogP contribution in [0.2, 0.25) is 0 Å². The Morgan fingerprint density at radius 1 is 1.23 bits per heavy atom. The van der Waals surface area contributed by atoms with Crippen molar-refractivity contribution in [2.75, 3.05) is 23.7 Å². The van der Waals surface area contributed by atoms with Crippen LogP contribution in [0.4, 0.5) is 5.69 Å². The van der Waals surface area contributed by atoms with Crippen molar-refractivity contribution < 1.29 is 18.3 Å². The van der Waals surface area contributed by atoms with Crippen LogP contribution in [0.5, 0.6) is 0 Å². The van der Waals surface area contributed by atoms with E-state index in [0.29, 0.717) is 11.1 Å². The molecule has 6 heteroatoms. The van der Waals surface area contributed by atoms with Crippen molar-refractivity contribution >= 4 is 21.5 Å². The summed E-state index contributed by atoms with van der Waals surface area (Å²) < 4.78 is 24.1. The van der Waals surface area contributed by atoms with E-state index in [1.807, 2.05) is 4.90 Å². The molecular formula is C16H21NO4S. The van der Waals surface area contributed by atoms with Crippen LogP contribution in [0.25, 0.3) is 0 Å². The van der Waals surface area contributed by atoms with Crippen molar-refractivity contribution in [1.82, 2.24) is 0 Å². The highest BCUT2D eigenvalue weighted by molar-refractivity contribution is 7.91. The number of hydrogen-bond donors (Lipinski definition) is 1. The third-order valence-corrected chi connectivity index (χ3v) is 6.79. The lowest BCUT2D eigenvalue weighted by Gasteiger charge is -2.34. The topological polar surface area (TPSA) is 74.7 Å². The van der Waals surface area contributed by atoms with Crippen molar-refractivity contribution in [2.45, 2.75) is 37.5 Å². The molecule has 0 atom stereocenters. The Morgan fingerprint density at radius 2 is 1.86 bits per heavy atom. The first-order valence-corrected chi connectivity index (χ1v) is 9.37. The summed E-state index contributed by atoms with van der Waals surface area (Å²) in [6, 6.07) is 4.35. The summed E-state index contributed by atoms with van der Waals surface area (Å²) >= 11 is 0. The lowest BCUT2D eigenvalue weighted by Crippen LogP contribution is -2.35. The molecule has 0 amide bonds. The third kappa shape index (κ3) is 2.72. The number of sulfone groups is 1. The average Bonchev–Trinajstić information content (AvgIpc) is 3.26. The maximum Gasteiger partial charge on any atom is 0.337 e. The summed E-state index contributed by atoms with van der Waals surface area (Å²) in [7, 11) is -3.33. The fourth-order valence-electron chi connectivity index (χ4n) is 3.21. The van der Waals surface area contributed by atoms with Crippen molar-refractivity contribution in [2.24, 2.45) is 5.41 Å². The second-order valence-corrected chi connectivity index (χ2v) is 8.65.